The molecule has 6 heteroatoms. The molecule has 2 aromatic carbocycles. The third kappa shape index (κ3) is 7.15. The van der Waals surface area contributed by atoms with Gasteiger partial charge in [0.05, 0.1) is 26.4 Å². The van der Waals surface area contributed by atoms with Crippen molar-refractivity contribution in [3.63, 3.8) is 0 Å². The molecule has 2 aromatic rings. The molecule has 2 atom stereocenters. The van der Waals surface area contributed by atoms with Gasteiger partial charge in [-0.15, -0.1) is 13.2 Å². The van der Waals surface area contributed by atoms with Crippen molar-refractivity contribution in [1.29, 1.82) is 0 Å². The molecule has 2 rings (SSSR count). The molecule has 0 fully saturated rings. The number of rotatable bonds is 15. The SMILES string of the molecule is C=CCOCC(O)COc1cc(CC)c(OCC(O)COCC=C)c2ccccc12. The Bertz CT molecular complexity index is 804. The Balaban J connectivity index is 2.15. The van der Waals surface area contributed by atoms with E-state index in [2.05, 4.69) is 13.2 Å². The van der Waals surface area contributed by atoms with Gasteiger partial charge in [-0.3, -0.25) is 0 Å². The fourth-order valence-electron chi connectivity index (χ4n) is 2.96. The number of aliphatic hydroxyl groups is 2. The van der Waals surface area contributed by atoms with Crippen molar-refractivity contribution in [3.8, 4) is 11.5 Å². The monoisotopic (exact) mass is 416 g/mol. The molecule has 30 heavy (non-hydrogen) atoms. The van der Waals surface area contributed by atoms with Crippen LogP contribution in [0.25, 0.3) is 10.8 Å². The minimum Gasteiger partial charge on any atom is -0.490 e. The summed E-state index contributed by atoms with van der Waals surface area (Å²) in [5.41, 5.74) is 0.959. The number of fused-ring (bicyclic) bond motifs is 1. The summed E-state index contributed by atoms with van der Waals surface area (Å²) in [6.45, 7) is 10.6. The zero-order valence-electron chi connectivity index (χ0n) is 17.6. The van der Waals surface area contributed by atoms with Gasteiger partial charge in [0.15, 0.2) is 0 Å². The van der Waals surface area contributed by atoms with Gasteiger partial charge < -0.3 is 29.2 Å². The first kappa shape index (κ1) is 23.9. The lowest BCUT2D eigenvalue weighted by Gasteiger charge is -2.20. The Morgan fingerprint density at radius 1 is 0.867 bits per heavy atom. The lowest BCUT2D eigenvalue weighted by molar-refractivity contribution is 0.0209. The van der Waals surface area contributed by atoms with Crippen LogP contribution in [0.15, 0.2) is 55.6 Å². The third-order valence-electron chi connectivity index (χ3n) is 4.36. The van der Waals surface area contributed by atoms with Crippen molar-refractivity contribution in [2.75, 3.05) is 39.6 Å². The van der Waals surface area contributed by atoms with E-state index in [0.717, 1.165) is 28.5 Å². The first-order valence-corrected chi connectivity index (χ1v) is 10.1. The fourth-order valence-corrected chi connectivity index (χ4v) is 2.96. The summed E-state index contributed by atoms with van der Waals surface area (Å²) in [7, 11) is 0. The van der Waals surface area contributed by atoms with Gasteiger partial charge in [-0.25, -0.2) is 0 Å². The molecule has 6 nitrogen and oxygen atoms in total. The number of hydrogen-bond donors (Lipinski definition) is 2. The Morgan fingerprint density at radius 2 is 1.43 bits per heavy atom. The molecule has 0 amide bonds. The number of aliphatic hydroxyl groups excluding tert-OH is 2. The zero-order chi connectivity index (χ0) is 21.8. The van der Waals surface area contributed by atoms with Crippen LogP contribution in [0.3, 0.4) is 0 Å². The van der Waals surface area contributed by atoms with E-state index in [1.54, 1.807) is 12.2 Å². The molecule has 0 aromatic heterocycles. The van der Waals surface area contributed by atoms with Gasteiger partial charge in [-0.05, 0) is 18.1 Å². The Morgan fingerprint density at radius 3 is 2.00 bits per heavy atom. The normalized spacial score (nSPS) is 13.0. The molecule has 0 aliphatic heterocycles. The summed E-state index contributed by atoms with van der Waals surface area (Å²) in [4.78, 5) is 0. The molecule has 0 bridgehead atoms. The summed E-state index contributed by atoms with van der Waals surface area (Å²) in [5.74, 6) is 1.39. The molecule has 2 N–H and O–H groups in total. The van der Waals surface area contributed by atoms with E-state index in [9.17, 15) is 10.2 Å². The van der Waals surface area contributed by atoms with Crippen LogP contribution in [-0.2, 0) is 15.9 Å². The van der Waals surface area contributed by atoms with Crippen molar-refractivity contribution in [1.82, 2.24) is 0 Å². The summed E-state index contributed by atoms with van der Waals surface area (Å²) < 4.78 is 22.4. The van der Waals surface area contributed by atoms with Crippen molar-refractivity contribution >= 4 is 10.8 Å². The first-order valence-electron chi connectivity index (χ1n) is 10.1. The van der Waals surface area contributed by atoms with Crippen LogP contribution in [0.4, 0.5) is 0 Å². The van der Waals surface area contributed by atoms with Crippen LogP contribution < -0.4 is 9.47 Å². The highest BCUT2D eigenvalue weighted by Gasteiger charge is 2.16. The molecule has 0 saturated carbocycles. The number of hydrogen-bond acceptors (Lipinski definition) is 6. The quantitative estimate of drug-likeness (QED) is 0.343. The maximum absolute atomic E-state index is 10.1. The van der Waals surface area contributed by atoms with E-state index in [1.807, 2.05) is 37.3 Å². The van der Waals surface area contributed by atoms with Crippen LogP contribution in [0.2, 0.25) is 0 Å². The van der Waals surface area contributed by atoms with Crippen molar-refractivity contribution in [3.05, 3.63) is 61.2 Å². The maximum Gasteiger partial charge on any atom is 0.130 e. The largest absolute Gasteiger partial charge is 0.490 e. The van der Waals surface area contributed by atoms with Gasteiger partial charge in [0.1, 0.15) is 36.9 Å². The molecule has 0 aliphatic carbocycles. The minimum atomic E-state index is -0.741. The molecule has 0 heterocycles. The number of ether oxygens (including phenoxy) is 4. The molecule has 2 unspecified atom stereocenters. The van der Waals surface area contributed by atoms with Gasteiger partial charge in [0.2, 0.25) is 0 Å². The summed E-state index contributed by atoms with van der Waals surface area (Å²) in [6.07, 6.45) is 2.52. The van der Waals surface area contributed by atoms with E-state index < -0.39 is 12.2 Å². The molecule has 0 spiro atoms. The predicted molar refractivity (Wildman–Crippen MR) is 118 cm³/mol. The van der Waals surface area contributed by atoms with Crippen LogP contribution >= 0.6 is 0 Å². The zero-order valence-corrected chi connectivity index (χ0v) is 17.6. The molecular weight excluding hydrogens is 384 g/mol. The van der Waals surface area contributed by atoms with E-state index in [4.69, 9.17) is 18.9 Å². The van der Waals surface area contributed by atoms with Crippen molar-refractivity contribution < 1.29 is 29.2 Å². The van der Waals surface area contributed by atoms with Crippen LogP contribution in [0.1, 0.15) is 12.5 Å². The van der Waals surface area contributed by atoms with Gasteiger partial charge >= 0.3 is 0 Å². The highest BCUT2D eigenvalue weighted by molar-refractivity contribution is 5.94. The predicted octanol–water partition coefficient (Wildman–Crippen LogP) is 3.29. The lowest BCUT2D eigenvalue weighted by Crippen LogP contribution is -2.24. The van der Waals surface area contributed by atoms with Crippen LogP contribution in [0.5, 0.6) is 11.5 Å². The summed E-state index contributed by atoms with van der Waals surface area (Å²) in [6, 6.07) is 9.68. The smallest absolute Gasteiger partial charge is 0.130 e. The maximum atomic E-state index is 10.1. The molecule has 164 valence electrons. The van der Waals surface area contributed by atoms with Gasteiger partial charge in [0.25, 0.3) is 0 Å². The van der Waals surface area contributed by atoms with E-state index >= 15 is 0 Å². The van der Waals surface area contributed by atoms with Crippen molar-refractivity contribution in [2.45, 2.75) is 25.6 Å². The Kier molecular flexibility index (Phi) is 10.4. The standard InChI is InChI=1S/C24H32O6/c1-4-11-27-14-19(25)16-29-23-13-18(6-3)24(22-10-8-7-9-21(22)23)30-17-20(26)15-28-12-5-2/h4-5,7-10,13,19-20,25-26H,1-2,6,11-12,14-17H2,3H3. The van der Waals surface area contributed by atoms with Gasteiger partial charge in [-0.1, -0.05) is 43.3 Å². The van der Waals surface area contributed by atoms with Crippen LogP contribution in [0, 0.1) is 0 Å². The highest BCUT2D eigenvalue weighted by Crippen LogP contribution is 2.37. The third-order valence-corrected chi connectivity index (χ3v) is 4.36. The second kappa shape index (κ2) is 13.0. The van der Waals surface area contributed by atoms with E-state index in [-0.39, 0.29) is 26.4 Å². The second-order valence-corrected chi connectivity index (χ2v) is 6.84. The molecular formula is C24H32O6. The molecule has 0 aliphatic rings. The molecule has 0 radical (unpaired) electrons. The highest BCUT2D eigenvalue weighted by atomic mass is 16.5. The average molecular weight is 417 g/mol. The van der Waals surface area contributed by atoms with Crippen LogP contribution in [-0.4, -0.2) is 62.1 Å². The average Bonchev–Trinajstić information content (AvgIpc) is 2.76. The Labute approximate surface area is 178 Å². The fraction of sp³-hybridized carbons (Fsp3) is 0.417. The van der Waals surface area contributed by atoms with E-state index in [0.29, 0.717) is 19.0 Å². The first-order chi connectivity index (χ1) is 14.6. The van der Waals surface area contributed by atoms with E-state index in [1.165, 1.54) is 0 Å². The van der Waals surface area contributed by atoms with Gasteiger partial charge in [-0.2, -0.15) is 0 Å². The minimum absolute atomic E-state index is 0.115. The Hall–Kier alpha value is -2.38. The topological polar surface area (TPSA) is 77.4 Å². The summed E-state index contributed by atoms with van der Waals surface area (Å²) >= 11 is 0. The number of benzene rings is 2. The van der Waals surface area contributed by atoms with Gasteiger partial charge in [0, 0.05) is 10.8 Å². The number of aryl methyl sites for hydroxylation is 1. The molecule has 0 saturated heterocycles. The van der Waals surface area contributed by atoms with Crippen molar-refractivity contribution in [2.24, 2.45) is 0 Å². The second-order valence-electron chi connectivity index (χ2n) is 6.84. The summed E-state index contributed by atoms with van der Waals surface area (Å²) in [5, 5.41) is 21.9. The lowest BCUT2D eigenvalue weighted by atomic mass is 10.0.